The van der Waals surface area contributed by atoms with Crippen LogP contribution in [0, 0.1) is 5.92 Å². The summed E-state index contributed by atoms with van der Waals surface area (Å²) in [6.07, 6.45) is 2.53. The first kappa shape index (κ1) is 13.9. The third-order valence-corrected chi connectivity index (χ3v) is 3.04. The van der Waals surface area contributed by atoms with Crippen LogP contribution in [0.3, 0.4) is 0 Å². The fourth-order valence-electron chi connectivity index (χ4n) is 2.22. The maximum absolute atomic E-state index is 5.67. The van der Waals surface area contributed by atoms with Gasteiger partial charge in [0.25, 0.3) is 0 Å². The summed E-state index contributed by atoms with van der Waals surface area (Å²) >= 11 is 0. The molecule has 0 saturated carbocycles. The molecule has 0 radical (unpaired) electrons. The zero-order valence-corrected chi connectivity index (χ0v) is 11.2. The van der Waals surface area contributed by atoms with Crippen molar-refractivity contribution in [3.63, 3.8) is 0 Å². The van der Waals surface area contributed by atoms with Gasteiger partial charge in [-0.2, -0.15) is 0 Å². The second-order valence-electron chi connectivity index (χ2n) is 5.15. The third-order valence-electron chi connectivity index (χ3n) is 3.04. The molecule has 0 bridgehead atoms. The van der Waals surface area contributed by atoms with Gasteiger partial charge in [-0.3, -0.25) is 4.90 Å². The molecule has 3 nitrogen and oxygen atoms in total. The van der Waals surface area contributed by atoms with Crippen molar-refractivity contribution in [3.8, 4) is 0 Å². The van der Waals surface area contributed by atoms with Gasteiger partial charge in [-0.25, -0.2) is 0 Å². The molecular weight excluding hydrogens is 200 g/mol. The molecule has 0 aromatic rings. The molecule has 0 amide bonds. The molecule has 1 rings (SSSR count). The van der Waals surface area contributed by atoms with E-state index in [4.69, 9.17) is 4.74 Å². The average molecular weight is 228 g/mol. The summed E-state index contributed by atoms with van der Waals surface area (Å²) in [7, 11) is 0. The van der Waals surface area contributed by atoms with E-state index in [1.807, 2.05) is 0 Å². The largest absolute Gasteiger partial charge is 0.380 e. The van der Waals surface area contributed by atoms with Gasteiger partial charge in [0.2, 0.25) is 0 Å². The number of hydrogen-bond donors (Lipinski definition) is 1. The van der Waals surface area contributed by atoms with E-state index in [0.717, 1.165) is 32.3 Å². The smallest absolute Gasteiger partial charge is 0.0593 e. The van der Waals surface area contributed by atoms with E-state index >= 15 is 0 Å². The van der Waals surface area contributed by atoms with Crippen molar-refractivity contribution in [1.29, 1.82) is 0 Å². The van der Waals surface area contributed by atoms with Gasteiger partial charge in [-0.1, -0.05) is 20.8 Å². The van der Waals surface area contributed by atoms with Crippen molar-refractivity contribution in [2.75, 3.05) is 39.4 Å². The molecule has 16 heavy (non-hydrogen) atoms. The maximum atomic E-state index is 5.67. The van der Waals surface area contributed by atoms with Crippen molar-refractivity contribution in [3.05, 3.63) is 0 Å². The molecule has 1 saturated heterocycles. The fraction of sp³-hybridized carbons (Fsp3) is 1.00. The molecule has 0 aromatic heterocycles. The Morgan fingerprint density at radius 1 is 1.38 bits per heavy atom. The zero-order chi connectivity index (χ0) is 11.8. The Balaban J connectivity index is 2.17. The van der Waals surface area contributed by atoms with Crippen molar-refractivity contribution in [2.24, 2.45) is 5.92 Å². The lowest BCUT2D eigenvalue weighted by atomic mass is 10.2. The molecule has 96 valence electrons. The molecule has 1 aliphatic heterocycles. The van der Waals surface area contributed by atoms with Crippen LogP contribution in [0.15, 0.2) is 0 Å². The summed E-state index contributed by atoms with van der Waals surface area (Å²) in [6.45, 7) is 13.1. The first-order valence-corrected chi connectivity index (χ1v) is 6.76. The average Bonchev–Trinajstić information content (AvgIpc) is 2.75. The molecule has 0 aliphatic carbocycles. The molecule has 1 heterocycles. The van der Waals surface area contributed by atoms with Crippen LogP contribution in [-0.4, -0.2) is 50.3 Å². The van der Waals surface area contributed by atoms with Gasteiger partial charge in [-0.05, 0) is 31.8 Å². The van der Waals surface area contributed by atoms with E-state index in [2.05, 4.69) is 31.0 Å². The van der Waals surface area contributed by atoms with E-state index in [9.17, 15) is 0 Å². The van der Waals surface area contributed by atoms with Crippen LogP contribution in [0.1, 0.15) is 33.6 Å². The van der Waals surface area contributed by atoms with Crippen LogP contribution >= 0.6 is 0 Å². The van der Waals surface area contributed by atoms with Crippen LogP contribution in [0.5, 0.6) is 0 Å². The number of nitrogens with one attached hydrogen (secondary N) is 1. The Hall–Kier alpha value is -0.120. The first-order chi connectivity index (χ1) is 7.74. The molecule has 1 N–H and O–H groups in total. The molecular formula is C13H28N2O. The summed E-state index contributed by atoms with van der Waals surface area (Å²) < 4.78 is 5.67. The van der Waals surface area contributed by atoms with Gasteiger partial charge in [0, 0.05) is 25.7 Å². The second kappa shape index (κ2) is 8.04. The SMILES string of the molecule is CCCN(CCOCC(C)C)C1CCNC1. The number of hydrogen-bond acceptors (Lipinski definition) is 3. The molecule has 0 aromatic carbocycles. The number of ether oxygens (including phenoxy) is 1. The van der Waals surface area contributed by atoms with Crippen molar-refractivity contribution >= 4 is 0 Å². The minimum atomic E-state index is 0.646. The predicted octanol–water partition coefficient (Wildman–Crippen LogP) is 1.73. The second-order valence-corrected chi connectivity index (χ2v) is 5.15. The summed E-state index contributed by atoms with van der Waals surface area (Å²) in [4.78, 5) is 2.58. The minimum absolute atomic E-state index is 0.646. The first-order valence-electron chi connectivity index (χ1n) is 6.76. The van der Waals surface area contributed by atoms with Gasteiger partial charge in [0.05, 0.1) is 6.61 Å². The minimum Gasteiger partial charge on any atom is -0.380 e. The van der Waals surface area contributed by atoms with Gasteiger partial charge in [0.1, 0.15) is 0 Å². The Morgan fingerprint density at radius 3 is 2.75 bits per heavy atom. The third kappa shape index (κ3) is 5.28. The van der Waals surface area contributed by atoms with E-state index in [1.54, 1.807) is 0 Å². The van der Waals surface area contributed by atoms with Crippen molar-refractivity contribution in [2.45, 2.75) is 39.7 Å². The molecule has 1 aliphatic rings. The highest BCUT2D eigenvalue weighted by Gasteiger charge is 2.20. The summed E-state index contributed by atoms with van der Waals surface area (Å²) in [5.74, 6) is 0.646. The highest BCUT2D eigenvalue weighted by Crippen LogP contribution is 2.08. The van der Waals surface area contributed by atoms with Gasteiger partial charge in [-0.15, -0.1) is 0 Å². The molecule has 1 unspecified atom stereocenters. The van der Waals surface area contributed by atoms with E-state index < -0.39 is 0 Å². The Kier molecular flexibility index (Phi) is 7.01. The summed E-state index contributed by atoms with van der Waals surface area (Å²) in [5.41, 5.74) is 0. The summed E-state index contributed by atoms with van der Waals surface area (Å²) in [6, 6.07) is 0.739. The lowest BCUT2D eigenvalue weighted by molar-refractivity contribution is 0.0744. The lowest BCUT2D eigenvalue weighted by Gasteiger charge is -2.27. The number of nitrogens with zero attached hydrogens (tertiary/aromatic N) is 1. The maximum Gasteiger partial charge on any atom is 0.0593 e. The van der Waals surface area contributed by atoms with E-state index in [1.165, 1.54) is 25.9 Å². The van der Waals surface area contributed by atoms with Crippen LogP contribution < -0.4 is 5.32 Å². The van der Waals surface area contributed by atoms with Crippen LogP contribution in [0.25, 0.3) is 0 Å². The van der Waals surface area contributed by atoms with Crippen molar-refractivity contribution in [1.82, 2.24) is 10.2 Å². The normalized spacial score (nSPS) is 21.2. The quantitative estimate of drug-likeness (QED) is 0.640. The highest BCUT2D eigenvalue weighted by molar-refractivity contribution is 4.80. The van der Waals surface area contributed by atoms with Gasteiger partial charge < -0.3 is 10.1 Å². The number of rotatable bonds is 8. The summed E-state index contributed by atoms with van der Waals surface area (Å²) in [5, 5.41) is 3.44. The highest BCUT2D eigenvalue weighted by atomic mass is 16.5. The van der Waals surface area contributed by atoms with Crippen molar-refractivity contribution < 1.29 is 4.74 Å². The Bertz CT molecular complexity index is 167. The van der Waals surface area contributed by atoms with E-state index in [-0.39, 0.29) is 0 Å². The Labute approximate surface area is 101 Å². The fourth-order valence-corrected chi connectivity index (χ4v) is 2.22. The van der Waals surface area contributed by atoms with E-state index in [0.29, 0.717) is 5.92 Å². The van der Waals surface area contributed by atoms with Gasteiger partial charge >= 0.3 is 0 Å². The monoisotopic (exact) mass is 228 g/mol. The van der Waals surface area contributed by atoms with Crippen LogP contribution in [-0.2, 0) is 4.74 Å². The predicted molar refractivity (Wildman–Crippen MR) is 68.8 cm³/mol. The standard InChI is InChI=1S/C13H28N2O/c1-4-7-15(13-5-6-14-10-13)8-9-16-11-12(2)3/h12-14H,4-11H2,1-3H3. The topological polar surface area (TPSA) is 24.5 Å². The van der Waals surface area contributed by atoms with Crippen LogP contribution in [0.4, 0.5) is 0 Å². The van der Waals surface area contributed by atoms with Gasteiger partial charge in [0.15, 0.2) is 0 Å². The Morgan fingerprint density at radius 2 is 2.19 bits per heavy atom. The molecule has 1 fully saturated rings. The molecule has 3 heteroatoms. The zero-order valence-electron chi connectivity index (χ0n) is 11.2. The van der Waals surface area contributed by atoms with Crippen LogP contribution in [0.2, 0.25) is 0 Å². The molecule has 0 spiro atoms. The molecule has 1 atom stereocenters. The lowest BCUT2D eigenvalue weighted by Crippen LogP contribution is -2.39.